The van der Waals surface area contributed by atoms with Crippen LogP contribution in [0.15, 0.2) is 24.3 Å². The van der Waals surface area contributed by atoms with Crippen LogP contribution >= 0.6 is 0 Å². The number of hydrogen-bond acceptors (Lipinski definition) is 2. The molecule has 114 valence electrons. The van der Waals surface area contributed by atoms with Crippen molar-refractivity contribution in [1.29, 1.82) is 0 Å². The molecular formula is C18H32N2. The number of hydrogen-bond donors (Lipinski definition) is 1. The Morgan fingerprint density at radius 3 is 2.05 bits per heavy atom. The number of anilines is 1. The lowest BCUT2D eigenvalue weighted by Gasteiger charge is -2.34. The molecule has 0 saturated heterocycles. The van der Waals surface area contributed by atoms with Gasteiger partial charge < -0.3 is 10.6 Å². The number of nitrogen functional groups attached to an aromatic ring is 1. The van der Waals surface area contributed by atoms with Gasteiger partial charge in [0.1, 0.15) is 0 Å². The molecule has 0 saturated carbocycles. The van der Waals surface area contributed by atoms with Crippen LogP contribution in [0.4, 0.5) is 5.69 Å². The first kappa shape index (κ1) is 17.0. The van der Waals surface area contributed by atoms with E-state index in [1.807, 2.05) is 12.1 Å². The van der Waals surface area contributed by atoms with Crippen LogP contribution in [0.1, 0.15) is 53.0 Å². The van der Waals surface area contributed by atoms with Gasteiger partial charge in [0.05, 0.1) is 0 Å². The minimum atomic E-state index is 0.162. The molecule has 0 radical (unpaired) electrons. The van der Waals surface area contributed by atoms with Crippen LogP contribution in [-0.4, -0.2) is 24.5 Å². The zero-order valence-electron chi connectivity index (χ0n) is 13.9. The normalized spacial score (nSPS) is 12.3. The van der Waals surface area contributed by atoms with Crippen LogP contribution in [-0.2, 0) is 5.41 Å². The highest BCUT2D eigenvalue weighted by atomic mass is 15.1. The van der Waals surface area contributed by atoms with Crippen LogP contribution in [0.5, 0.6) is 0 Å². The summed E-state index contributed by atoms with van der Waals surface area (Å²) in [6.45, 7) is 14.9. The molecule has 0 unspecified atom stereocenters. The lowest BCUT2D eigenvalue weighted by Crippen LogP contribution is -2.39. The van der Waals surface area contributed by atoms with Gasteiger partial charge in [-0.05, 0) is 30.2 Å². The quantitative estimate of drug-likeness (QED) is 0.717. The minimum Gasteiger partial charge on any atom is -0.399 e. The van der Waals surface area contributed by atoms with E-state index in [0.717, 1.165) is 24.7 Å². The van der Waals surface area contributed by atoms with E-state index in [1.54, 1.807) is 0 Å². The van der Waals surface area contributed by atoms with Crippen molar-refractivity contribution in [3.05, 3.63) is 29.8 Å². The summed E-state index contributed by atoms with van der Waals surface area (Å²) in [6, 6.07) is 8.35. The van der Waals surface area contributed by atoms with Gasteiger partial charge in [0, 0.05) is 24.2 Å². The number of likely N-dealkylation sites (N-methyl/N-ethyl adjacent to an activating group) is 1. The van der Waals surface area contributed by atoms with E-state index in [2.05, 4.69) is 51.7 Å². The van der Waals surface area contributed by atoms with Gasteiger partial charge in [0.15, 0.2) is 0 Å². The highest BCUT2D eigenvalue weighted by Crippen LogP contribution is 2.26. The zero-order valence-corrected chi connectivity index (χ0v) is 13.9. The predicted octanol–water partition coefficient (Wildman–Crippen LogP) is 4.30. The van der Waals surface area contributed by atoms with Crippen LogP contribution < -0.4 is 5.73 Å². The van der Waals surface area contributed by atoms with Gasteiger partial charge in [-0.25, -0.2) is 0 Å². The molecular weight excluding hydrogens is 244 g/mol. The second kappa shape index (κ2) is 7.68. The van der Waals surface area contributed by atoms with Crippen molar-refractivity contribution >= 4 is 5.69 Å². The van der Waals surface area contributed by atoms with Crippen LogP contribution in [0.3, 0.4) is 0 Å². The summed E-state index contributed by atoms with van der Waals surface area (Å²) in [7, 11) is 0. The van der Waals surface area contributed by atoms with Crippen LogP contribution in [0.2, 0.25) is 0 Å². The van der Waals surface area contributed by atoms with E-state index < -0.39 is 0 Å². The van der Waals surface area contributed by atoms with Crippen LogP contribution in [0, 0.1) is 5.92 Å². The summed E-state index contributed by atoms with van der Waals surface area (Å²) < 4.78 is 0. The molecule has 0 fully saturated rings. The Kier molecular flexibility index (Phi) is 6.54. The van der Waals surface area contributed by atoms with E-state index in [9.17, 15) is 0 Å². The number of rotatable bonds is 8. The fraction of sp³-hybridized carbons (Fsp3) is 0.667. The topological polar surface area (TPSA) is 29.3 Å². The van der Waals surface area contributed by atoms with Crippen molar-refractivity contribution in [3.63, 3.8) is 0 Å². The third kappa shape index (κ3) is 4.82. The maximum Gasteiger partial charge on any atom is 0.0314 e. The van der Waals surface area contributed by atoms with E-state index in [4.69, 9.17) is 5.73 Å². The van der Waals surface area contributed by atoms with Gasteiger partial charge >= 0.3 is 0 Å². The fourth-order valence-electron chi connectivity index (χ4n) is 2.80. The molecule has 0 atom stereocenters. The van der Waals surface area contributed by atoms with Gasteiger partial charge in [0.25, 0.3) is 0 Å². The summed E-state index contributed by atoms with van der Waals surface area (Å²) in [5.41, 5.74) is 8.16. The maximum absolute atomic E-state index is 5.79. The summed E-state index contributed by atoms with van der Waals surface area (Å²) in [5, 5.41) is 0. The van der Waals surface area contributed by atoms with Crippen molar-refractivity contribution in [3.8, 4) is 0 Å². The molecule has 0 spiro atoms. The van der Waals surface area contributed by atoms with Gasteiger partial charge in [-0.1, -0.05) is 59.6 Å². The minimum absolute atomic E-state index is 0.162. The zero-order chi connectivity index (χ0) is 15.2. The maximum atomic E-state index is 5.79. The predicted molar refractivity (Wildman–Crippen MR) is 90.1 cm³/mol. The molecule has 1 aromatic rings. The van der Waals surface area contributed by atoms with E-state index >= 15 is 0 Å². The molecule has 2 heteroatoms. The highest BCUT2D eigenvalue weighted by Gasteiger charge is 2.24. The molecule has 0 aromatic heterocycles. The first-order valence-electron chi connectivity index (χ1n) is 8.01. The average Bonchev–Trinajstić information content (AvgIpc) is 2.43. The number of nitrogens with zero attached hydrogens (tertiary/aromatic N) is 1. The smallest absolute Gasteiger partial charge is 0.0314 e. The Labute approximate surface area is 125 Å². The molecule has 0 aliphatic rings. The molecule has 0 aliphatic heterocycles. The SMILES string of the molecule is CCC(CC)CN(CC)CC(C)(C)c1ccc(N)cc1. The summed E-state index contributed by atoms with van der Waals surface area (Å²) in [6.07, 6.45) is 2.55. The van der Waals surface area contributed by atoms with Gasteiger partial charge in [-0.3, -0.25) is 0 Å². The molecule has 2 N–H and O–H groups in total. The second-order valence-corrected chi connectivity index (χ2v) is 6.52. The van der Waals surface area contributed by atoms with Crippen LogP contribution in [0.25, 0.3) is 0 Å². The van der Waals surface area contributed by atoms with Crippen molar-refractivity contribution in [2.75, 3.05) is 25.4 Å². The van der Waals surface area contributed by atoms with Crippen molar-refractivity contribution in [1.82, 2.24) is 4.90 Å². The Hall–Kier alpha value is -1.02. The van der Waals surface area contributed by atoms with Crippen molar-refractivity contribution in [2.24, 2.45) is 5.92 Å². The van der Waals surface area contributed by atoms with Crippen molar-refractivity contribution < 1.29 is 0 Å². The Bertz CT molecular complexity index is 377. The van der Waals surface area contributed by atoms with Gasteiger partial charge in [0.2, 0.25) is 0 Å². The average molecular weight is 276 g/mol. The molecule has 1 aromatic carbocycles. The van der Waals surface area contributed by atoms with Gasteiger partial charge in [-0.15, -0.1) is 0 Å². The largest absolute Gasteiger partial charge is 0.399 e. The molecule has 20 heavy (non-hydrogen) atoms. The molecule has 1 rings (SSSR count). The Balaban J connectivity index is 2.73. The number of nitrogens with two attached hydrogens (primary N) is 1. The summed E-state index contributed by atoms with van der Waals surface area (Å²) >= 11 is 0. The Morgan fingerprint density at radius 1 is 1.05 bits per heavy atom. The highest BCUT2D eigenvalue weighted by molar-refractivity contribution is 5.41. The van der Waals surface area contributed by atoms with Crippen molar-refractivity contribution in [2.45, 2.75) is 52.9 Å². The molecule has 0 aliphatic carbocycles. The summed E-state index contributed by atoms with van der Waals surface area (Å²) in [4.78, 5) is 2.59. The molecule has 0 heterocycles. The standard InChI is InChI=1S/C18H32N2/c1-6-15(7-2)13-20(8-3)14-18(4,5)16-9-11-17(19)12-10-16/h9-12,15H,6-8,13-14,19H2,1-5H3. The van der Waals surface area contributed by atoms with E-state index in [-0.39, 0.29) is 5.41 Å². The van der Waals surface area contributed by atoms with E-state index in [0.29, 0.717) is 0 Å². The van der Waals surface area contributed by atoms with Gasteiger partial charge in [-0.2, -0.15) is 0 Å². The lowest BCUT2D eigenvalue weighted by molar-refractivity contribution is 0.195. The second-order valence-electron chi connectivity index (χ2n) is 6.52. The van der Waals surface area contributed by atoms with E-state index in [1.165, 1.54) is 24.9 Å². The fourth-order valence-corrected chi connectivity index (χ4v) is 2.80. The third-order valence-corrected chi connectivity index (χ3v) is 4.43. The molecule has 0 amide bonds. The monoisotopic (exact) mass is 276 g/mol. The third-order valence-electron chi connectivity index (χ3n) is 4.43. The summed E-state index contributed by atoms with van der Waals surface area (Å²) in [5.74, 6) is 0.817. The molecule has 2 nitrogen and oxygen atoms in total. The first-order valence-corrected chi connectivity index (χ1v) is 8.01. The molecule has 0 bridgehead atoms. The lowest BCUT2D eigenvalue weighted by atomic mass is 9.83. The Morgan fingerprint density at radius 2 is 1.60 bits per heavy atom. The number of benzene rings is 1. The first-order chi connectivity index (χ1) is 9.42.